The summed E-state index contributed by atoms with van der Waals surface area (Å²) in [6, 6.07) is 10.3. The monoisotopic (exact) mass is 365 g/mol. The average molecular weight is 365 g/mol. The van der Waals surface area contributed by atoms with Gasteiger partial charge in [-0.2, -0.15) is 8.78 Å². The number of halogens is 2. The first-order valence-corrected chi connectivity index (χ1v) is 11.1. The van der Waals surface area contributed by atoms with Gasteiger partial charge in [0.2, 0.25) is 0 Å². The van der Waals surface area contributed by atoms with Crippen molar-refractivity contribution in [3.8, 4) is 17.0 Å². The van der Waals surface area contributed by atoms with Gasteiger partial charge in [0.25, 0.3) is 0 Å². The molecule has 1 aromatic heterocycles. The first-order valence-electron chi connectivity index (χ1n) is 8.23. The van der Waals surface area contributed by atoms with Gasteiger partial charge in [0.1, 0.15) is 5.75 Å². The van der Waals surface area contributed by atoms with Gasteiger partial charge in [0, 0.05) is 11.8 Å². The van der Waals surface area contributed by atoms with E-state index in [1.54, 1.807) is 18.3 Å². The molecule has 0 aliphatic rings. The number of hydrogen-bond donors (Lipinski definition) is 0. The molecule has 0 bridgehead atoms. The zero-order valence-corrected chi connectivity index (χ0v) is 16.3. The van der Waals surface area contributed by atoms with Crippen LogP contribution in [-0.2, 0) is 11.0 Å². The first kappa shape index (κ1) is 19.5. The van der Waals surface area contributed by atoms with Crippen LogP contribution in [0.1, 0.15) is 26.3 Å². The van der Waals surface area contributed by atoms with Crippen LogP contribution >= 0.6 is 0 Å². The number of pyridine rings is 1. The Bertz CT molecular complexity index is 680. The Hall–Kier alpha value is -1.79. The largest absolute Gasteiger partial charge is 0.435 e. The second-order valence-electron chi connectivity index (χ2n) is 7.50. The molecule has 0 N–H and O–H groups in total. The molecule has 0 spiro atoms. The maximum Gasteiger partial charge on any atom is 0.387 e. The molecule has 136 valence electrons. The quantitative estimate of drug-likeness (QED) is 0.600. The molecule has 1 aromatic carbocycles. The lowest BCUT2D eigenvalue weighted by Gasteiger charge is -2.36. The Morgan fingerprint density at radius 3 is 2.16 bits per heavy atom. The van der Waals surface area contributed by atoms with E-state index in [9.17, 15) is 8.78 Å². The van der Waals surface area contributed by atoms with Gasteiger partial charge in [-0.25, -0.2) is 0 Å². The van der Waals surface area contributed by atoms with Crippen molar-refractivity contribution < 1.29 is 17.9 Å². The summed E-state index contributed by atoms with van der Waals surface area (Å²) in [6.45, 7) is 8.80. The lowest BCUT2D eigenvalue weighted by Crippen LogP contribution is -2.40. The fourth-order valence-electron chi connectivity index (χ4n) is 1.97. The molecule has 0 aliphatic heterocycles. The van der Waals surface area contributed by atoms with E-state index >= 15 is 0 Å². The lowest BCUT2D eigenvalue weighted by atomic mass is 10.1. The minimum Gasteiger partial charge on any atom is -0.435 e. The fraction of sp³-hybridized carbons (Fsp3) is 0.421. The molecule has 0 radical (unpaired) electrons. The Morgan fingerprint density at radius 1 is 1.04 bits per heavy atom. The van der Waals surface area contributed by atoms with Crippen molar-refractivity contribution in [2.75, 3.05) is 0 Å². The molecule has 0 unspecified atom stereocenters. The van der Waals surface area contributed by atoms with Crippen molar-refractivity contribution in [1.29, 1.82) is 0 Å². The maximum absolute atomic E-state index is 12.2. The molecule has 0 atom stereocenters. The zero-order valence-electron chi connectivity index (χ0n) is 15.3. The van der Waals surface area contributed by atoms with Crippen LogP contribution < -0.4 is 4.74 Å². The van der Waals surface area contributed by atoms with Crippen LogP contribution in [0, 0.1) is 0 Å². The Morgan fingerprint density at radius 2 is 1.68 bits per heavy atom. The Labute approximate surface area is 149 Å². The van der Waals surface area contributed by atoms with Crippen LogP contribution in [0.2, 0.25) is 18.1 Å². The molecule has 0 amide bonds. The van der Waals surface area contributed by atoms with Gasteiger partial charge in [0.15, 0.2) is 8.32 Å². The molecule has 2 aromatic rings. The smallest absolute Gasteiger partial charge is 0.387 e. The van der Waals surface area contributed by atoms with Gasteiger partial charge in [-0.05, 0) is 54.0 Å². The standard InChI is InChI=1S/C19H25F2NO2Si/c1-19(2,3)25(4,5)23-13-14-6-11-17(22-12-14)15-7-9-16(10-8-15)24-18(20)21/h6-12,18H,13H2,1-5H3. The predicted molar refractivity (Wildman–Crippen MR) is 98.3 cm³/mol. The third-order valence-corrected chi connectivity index (χ3v) is 9.08. The second-order valence-corrected chi connectivity index (χ2v) is 12.3. The van der Waals surface area contributed by atoms with Crippen LogP contribution in [0.5, 0.6) is 5.75 Å². The first-order chi connectivity index (χ1) is 11.6. The van der Waals surface area contributed by atoms with Gasteiger partial charge in [-0.3, -0.25) is 4.98 Å². The number of aromatic nitrogens is 1. The van der Waals surface area contributed by atoms with E-state index in [-0.39, 0.29) is 10.8 Å². The van der Waals surface area contributed by atoms with Crippen LogP contribution in [-0.4, -0.2) is 19.9 Å². The van der Waals surface area contributed by atoms with Crippen molar-refractivity contribution in [3.05, 3.63) is 48.2 Å². The minimum atomic E-state index is -2.82. The highest BCUT2D eigenvalue weighted by molar-refractivity contribution is 6.74. The molecule has 0 saturated heterocycles. The number of hydrogen-bond acceptors (Lipinski definition) is 3. The molecule has 6 heteroatoms. The summed E-state index contributed by atoms with van der Waals surface area (Å²) < 4.78 is 34.9. The van der Waals surface area contributed by atoms with E-state index in [2.05, 4.69) is 43.6 Å². The van der Waals surface area contributed by atoms with E-state index in [1.165, 1.54) is 12.1 Å². The van der Waals surface area contributed by atoms with Crippen LogP contribution in [0.3, 0.4) is 0 Å². The number of benzene rings is 1. The highest BCUT2D eigenvalue weighted by Crippen LogP contribution is 2.37. The number of nitrogens with zero attached hydrogens (tertiary/aromatic N) is 1. The zero-order chi connectivity index (χ0) is 18.7. The van der Waals surface area contributed by atoms with Gasteiger partial charge < -0.3 is 9.16 Å². The summed E-state index contributed by atoms with van der Waals surface area (Å²) >= 11 is 0. The normalized spacial score (nSPS) is 12.5. The van der Waals surface area contributed by atoms with E-state index in [0.29, 0.717) is 6.61 Å². The highest BCUT2D eigenvalue weighted by Gasteiger charge is 2.36. The van der Waals surface area contributed by atoms with Crippen LogP contribution in [0.25, 0.3) is 11.3 Å². The third-order valence-electron chi connectivity index (χ3n) is 4.61. The molecule has 0 saturated carbocycles. The molecule has 1 heterocycles. The highest BCUT2D eigenvalue weighted by atomic mass is 28.4. The third kappa shape index (κ3) is 5.34. The van der Waals surface area contributed by atoms with Crippen molar-refractivity contribution >= 4 is 8.32 Å². The van der Waals surface area contributed by atoms with Crippen molar-refractivity contribution in [3.63, 3.8) is 0 Å². The summed E-state index contributed by atoms with van der Waals surface area (Å²) in [5.74, 6) is 0.137. The average Bonchev–Trinajstić information content (AvgIpc) is 2.53. The van der Waals surface area contributed by atoms with Crippen LogP contribution in [0.4, 0.5) is 8.78 Å². The van der Waals surface area contributed by atoms with E-state index in [4.69, 9.17) is 4.43 Å². The number of alkyl halides is 2. The molecule has 25 heavy (non-hydrogen) atoms. The molecule has 0 fully saturated rings. The van der Waals surface area contributed by atoms with Gasteiger partial charge >= 0.3 is 6.61 Å². The number of ether oxygens (including phenoxy) is 1. The van der Waals surface area contributed by atoms with E-state index < -0.39 is 14.9 Å². The van der Waals surface area contributed by atoms with E-state index in [0.717, 1.165) is 16.8 Å². The fourth-order valence-corrected chi connectivity index (χ4v) is 2.93. The van der Waals surface area contributed by atoms with Crippen molar-refractivity contribution in [2.24, 2.45) is 0 Å². The molecule has 3 nitrogen and oxygen atoms in total. The van der Waals surface area contributed by atoms with Crippen molar-refractivity contribution in [2.45, 2.75) is 52.1 Å². The van der Waals surface area contributed by atoms with Gasteiger partial charge in [-0.15, -0.1) is 0 Å². The Balaban J connectivity index is 2.02. The Kier molecular flexibility index (Phi) is 5.95. The topological polar surface area (TPSA) is 31.4 Å². The lowest BCUT2D eigenvalue weighted by molar-refractivity contribution is -0.0498. The SMILES string of the molecule is CC(C)(C)[Si](C)(C)OCc1ccc(-c2ccc(OC(F)F)cc2)nc1. The summed E-state index contributed by atoms with van der Waals surface area (Å²) in [5.41, 5.74) is 2.64. The predicted octanol–water partition coefficient (Wildman–Crippen LogP) is 5.87. The summed E-state index contributed by atoms with van der Waals surface area (Å²) in [4.78, 5) is 4.45. The van der Waals surface area contributed by atoms with Gasteiger partial charge in [0.05, 0.1) is 12.3 Å². The summed E-state index contributed by atoms with van der Waals surface area (Å²) in [7, 11) is -1.79. The number of rotatable bonds is 6. The molecule has 2 rings (SSSR count). The molecular weight excluding hydrogens is 340 g/mol. The van der Waals surface area contributed by atoms with E-state index in [1.807, 2.05) is 12.1 Å². The van der Waals surface area contributed by atoms with Gasteiger partial charge in [-0.1, -0.05) is 26.8 Å². The second kappa shape index (κ2) is 7.62. The molecular formula is C19H25F2NO2Si. The minimum absolute atomic E-state index is 0.137. The van der Waals surface area contributed by atoms with Crippen molar-refractivity contribution in [1.82, 2.24) is 4.98 Å². The maximum atomic E-state index is 12.2. The van der Waals surface area contributed by atoms with Crippen LogP contribution in [0.15, 0.2) is 42.6 Å². The summed E-state index contributed by atoms with van der Waals surface area (Å²) in [5, 5.41) is 0.169. The molecule has 0 aliphatic carbocycles. The summed E-state index contributed by atoms with van der Waals surface area (Å²) in [6.07, 6.45) is 1.80.